The molecule has 1 unspecified atom stereocenters. The highest BCUT2D eigenvalue weighted by atomic mass is 16.6. The van der Waals surface area contributed by atoms with E-state index in [0.717, 1.165) is 5.56 Å². The Bertz CT molecular complexity index is 1130. The lowest BCUT2D eigenvalue weighted by atomic mass is 9.44. The zero-order chi connectivity index (χ0) is 27.6. The third-order valence-electron chi connectivity index (χ3n) is 11.3. The van der Waals surface area contributed by atoms with Crippen molar-refractivity contribution in [3.63, 3.8) is 0 Å². The van der Waals surface area contributed by atoms with Crippen LogP contribution in [0, 0.1) is 28.6 Å². The van der Waals surface area contributed by atoms with Crippen LogP contribution in [0.5, 0.6) is 0 Å². The van der Waals surface area contributed by atoms with E-state index >= 15 is 0 Å². The molecule has 2 saturated heterocycles. The van der Waals surface area contributed by atoms with Gasteiger partial charge in [-0.3, -0.25) is 4.79 Å². The van der Waals surface area contributed by atoms with Crippen LogP contribution in [0.3, 0.4) is 0 Å². The van der Waals surface area contributed by atoms with Crippen molar-refractivity contribution in [1.82, 2.24) is 0 Å². The fourth-order valence-electron chi connectivity index (χ4n) is 9.83. The lowest BCUT2D eigenvalue weighted by Gasteiger charge is -2.61. The van der Waals surface area contributed by atoms with Crippen molar-refractivity contribution in [3.8, 4) is 0 Å². The summed E-state index contributed by atoms with van der Waals surface area (Å²) in [5, 5.41) is 35.8. The summed E-state index contributed by atoms with van der Waals surface area (Å²) in [7, 11) is 1.22. The zero-order valence-electron chi connectivity index (χ0n) is 22.6. The minimum absolute atomic E-state index is 0.134. The van der Waals surface area contributed by atoms with Crippen LogP contribution in [0.15, 0.2) is 23.0 Å². The van der Waals surface area contributed by atoms with Gasteiger partial charge in [-0.2, -0.15) is 0 Å². The predicted molar refractivity (Wildman–Crippen MR) is 130 cm³/mol. The minimum Gasteiger partial charge on any atom is -0.472 e. The third kappa shape index (κ3) is 2.85. The van der Waals surface area contributed by atoms with Crippen LogP contribution < -0.4 is 0 Å². The molecule has 14 atom stereocenters. The van der Waals surface area contributed by atoms with Gasteiger partial charge in [0.15, 0.2) is 0 Å². The molecule has 0 amide bonds. The summed E-state index contributed by atoms with van der Waals surface area (Å²) in [4.78, 5) is 25.1. The number of fused-ring (bicyclic) bond motifs is 3. The Morgan fingerprint density at radius 1 is 1.16 bits per heavy atom. The number of hydrogen-bond donors (Lipinski definition) is 3. The van der Waals surface area contributed by atoms with Gasteiger partial charge in [0, 0.05) is 41.9 Å². The van der Waals surface area contributed by atoms with Gasteiger partial charge in [-0.25, -0.2) is 4.79 Å². The molecule has 5 fully saturated rings. The van der Waals surface area contributed by atoms with Crippen LogP contribution in [0.1, 0.15) is 58.9 Å². The molecular weight excluding hydrogens is 496 g/mol. The molecule has 38 heavy (non-hydrogen) atoms. The van der Waals surface area contributed by atoms with Gasteiger partial charge in [-0.15, -0.1) is 0 Å². The highest BCUT2D eigenvalue weighted by molar-refractivity contribution is 5.79. The van der Waals surface area contributed by atoms with E-state index in [1.165, 1.54) is 14.0 Å². The summed E-state index contributed by atoms with van der Waals surface area (Å²) in [5.41, 5.74) is -3.50. The Morgan fingerprint density at radius 2 is 1.87 bits per heavy atom. The van der Waals surface area contributed by atoms with E-state index in [0.29, 0.717) is 6.42 Å². The van der Waals surface area contributed by atoms with Crippen LogP contribution in [-0.4, -0.2) is 82.2 Å². The number of furan rings is 1. The van der Waals surface area contributed by atoms with E-state index < -0.39 is 82.2 Å². The molecular formula is C28H38O10. The number of rotatable bonds is 4. The molecule has 1 spiro atoms. The van der Waals surface area contributed by atoms with Crippen molar-refractivity contribution < 1.29 is 48.3 Å². The zero-order valence-corrected chi connectivity index (χ0v) is 22.6. The summed E-state index contributed by atoms with van der Waals surface area (Å²) in [6, 6.07) is 1.88. The molecule has 3 saturated carbocycles. The summed E-state index contributed by atoms with van der Waals surface area (Å²) in [5.74, 6) is -3.49. The van der Waals surface area contributed by atoms with Gasteiger partial charge in [-0.05, 0) is 30.9 Å². The molecule has 6 rings (SSSR count). The average molecular weight is 535 g/mol. The third-order valence-corrected chi connectivity index (χ3v) is 11.3. The number of carbonyl (C=O) groups is 2. The first kappa shape index (κ1) is 26.3. The number of carbonyl (C=O) groups excluding carboxylic acids is 2. The second-order valence-electron chi connectivity index (χ2n) is 12.7. The number of methoxy groups -OCH3 is 1. The number of ether oxygens (including phenoxy) is 4. The normalized spacial score (nSPS) is 53.2. The van der Waals surface area contributed by atoms with Crippen molar-refractivity contribution in [2.75, 3.05) is 7.11 Å². The van der Waals surface area contributed by atoms with Crippen molar-refractivity contribution in [2.45, 2.75) is 101 Å². The highest BCUT2D eigenvalue weighted by Gasteiger charge is 2.90. The van der Waals surface area contributed by atoms with Gasteiger partial charge in [0.05, 0.1) is 50.2 Å². The second kappa shape index (κ2) is 8.04. The summed E-state index contributed by atoms with van der Waals surface area (Å²) < 4.78 is 28.9. The number of aliphatic hydroxyl groups is 3. The van der Waals surface area contributed by atoms with Crippen molar-refractivity contribution in [2.24, 2.45) is 28.6 Å². The molecule has 1 aromatic rings. The van der Waals surface area contributed by atoms with E-state index in [1.807, 2.05) is 19.9 Å². The Balaban J connectivity index is 1.50. The molecule has 1 aromatic heterocycles. The Labute approximate surface area is 221 Å². The SMILES string of the molecule is COC(=O)[C@H](OC(C)=O)[C@H]1[C@H](C)[C@H](O)CC2O[C@H]3[C@H]([C@@]21C)[C@@](C)(O)[C@@]12O[C@@H]1C[C@@H](c1ccoc1)[C@]2(C)[C@H]3O. The second-order valence-corrected chi connectivity index (χ2v) is 12.7. The summed E-state index contributed by atoms with van der Waals surface area (Å²) in [6.07, 6.45) is -0.803. The van der Waals surface area contributed by atoms with Crippen LogP contribution in [0.4, 0.5) is 0 Å². The molecule has 5 aliphatic rings. The van der Waals surface area contributed by atoms with Crippen LogP contribution >= 0.6 is 0 Å². The van der Waals surface area contributed by atoms with E-state index in [1.54, 1.807) is 26.4 Å². The van der Waals surface area contributed by atoms with E-state index in [2.05, 4.69) is 0 Å². The van der Waals surface area contributed by atoms with Crippen LogP contribution in [-0.2, 0) is 28.5 Å². The van der Waals surface area contributed by atoms with Crippen molar-refractivity contribution in [1.29, 1.82) is 0 Å². The smallest absolute Gasteiger partial charge is 0.347 e. The van der Waals surface area contributed by atoms with Crippen LogP contribution in [0.2, 0.25) is 0 Å². The van der Waals surface area contributed by atoms with Crippen molar-refractivity contribution >= 4 is 11.9 Å². The Hall–Kier alpha value is -1.98. The maximum atomic E-state index is 13.0. The van der Waals surface area contributed by atoms with Gasteiger partial charge >= 0.3 is 11.9 Å². The number of epoxide rings is 1. The first-order valence-electron chi connectivity index (χ1n) is 13.5. The fraction of sp³-hybridized carbons (Fsp3) is 0.786. The summed E-state index contributed by atoms with van der Waals surface area (Å²) in [6.45, 7) is 8.63. The van der Waals surface area contributed by atoms with Gasteiger partial charge in [0.2, 0.25) is 6.10 Å². The van der Waals surface area contributed by atoms with Gasteiger partial charge in [-0.1, -0.05) is 20.8 Å². The average Bonchev–Trinajstić information content (AvgIpc) is 3.12. The van der Waals surface area contributed by atoms with Crippen LogP contribution in [0.25, 0.3) is 0 Å². The molecule has 0 bridgehead atoms. The molecule has 0 radical (unpaired) electrons. The maximum absolute atomic E-state index is 13.0. The van der Waals surface area contributed by atoms with Gasteiger partial charge in [0.25, 0.3) is 0 Å². The molecule has 2 aliphatic heterocycles. The van der Waals surface area contributed by atoms with Gasteiger partial charge < -0.3 is 38.7 Å². The quantitative estimate of drug-likeness (QED) is 0.384. The predicted octanol–water partition coefficient (Wildman–Crippen LogP) is 1.55. The van der Waals surface area contributed by atoms with Gasteiger partial charge in [0.1, 0.15) is 11.2 Å². The first-order valence-corrected chi connectivity index (χ1v) is 13.5. The Morgan fingerprint density at radius 3 is 2.47 bits per heavy atom. The molecule has 3 N–H and O–H groups in total. The summed E-state index contributed by atoms with van der Waals surface area (Å²) >= 11 is 0. The van der Waals surface area contributed by atoms with E-state index in [9.17, 15) is 24.9 Å². The lowest BCUT2D eigenvalue weighted by Crippen LogP contribution is -2.73. The maximum Gasteiger partial charge on any atom is 0.347 e. The number of aliphatic hydroxyl groups excluding tert-OH is 2. The molecule has 210 valence electrons. The van der Waals surface area contributed by atoms with E-state index in [-0.39, 0.29) is 18.4 Å². The highest BCUT2D eigenvalue weighted by Crippen LogP contribution is 2.79. The Kier molecular flexibility index (Phi) is 5.55. The number of esters is 2. The molecule has 10 heteroatoms. The first-order chi connectivity index (χ1) is 17.8. The standard InChI is InChI=1S/C28H38O10/c1-12-16(30)10-17-25(3,19(12)20(24(32)34-6)36-13(2)29)22-21(37-17)23(31)26(4)15(14-7-8-35-11-14)9-18-28(26,38-18)27(22,5)33/h7-8,11-12,15-23,30-31,33H,9-10H2,1-6H3/t12-,15+,16-,17?,18-,19-,20-,21+,22-,23+,25+,26-,27-,28-/m1/s1. The molecule has 0 aromatic carbocycles. The monoisotopic (exact) mass is 534 g/mol. The molecule has 3 heterocycles. The van der Waals surface area contributed by atoms with E-state index in [4.69, 9.17) is 23.4 Å². The fourth-order valence-corrected chi connectivity index (χ4v) is 9.83. The minimum atomic E-state index is -1.49. The molecule has 3 aliphatic carbocycles. The lowest BCUT2D eigenvalue weighted by molar-refractivity contribution is -0.246. The molecule has 10 nitrogen and oxygen atoms in total. The number of hydrogen-bond acceptors (Lipinski definition) is 10. The largest absolute Gasteiger partial charge is 0.472 e. The van der Waals surface area contributed by atoms with Crippen molar-refractivity contribution in [3.05, 3.63) is 24.2 Å². The topological polar surface area (TPSA) is 148 Å².